The predicted molar refractivity (Wildman–Crippen MR) is 50.3 cm³/mol. The van der Waals surface area contributed by atoms with Gasteiger partial charge in [0.05, 0.1) is 6.10 Å². The van der Waals surface area contributed by atoms with Gasteiger partial charge in [0, 0.05) is 18.2 Å². The first-order valence-corrected chi connectivity index (χ1v) is 4.13. The number of phenols is 3. The van der Waals surface area contributed by atoms with Gasteiger partial charge in [0.1, 0.15) is 5.75 Å². The molecule has 0 heterocycles. The topological polar surface area (TPSA) is 93.0 Å². The van der Waals surface area contributed by atoms with E-state index in [1.54, 1.807) is 7.05 Å². The zero-order chi connectivity index (χ0) is 10.7. The molecule has 5 nitrogen and oxygen atoms in total. The average molecular weight is 199 g/mol. The fraction of sp³-hybridized carbons (Fsp3) is 0.333. The van der Waals surface area contributed by atoms with Gasteiger partial charge in [-0.1, -0.05) is 0 Å². The monoisotopic (exact) mass is 199 g/mol. The van der Waals surface area contributed by atoms with E-state index in [0.29, 0.717) is 0 Å². The number of nitrogens with one attached hydrogen (secondary N) is 1. The SMILES string of the molecule is CNC[C@H](O)c1cc(O)c(O)cc1O. The van der Waals surface area contributed by atoms with E-state index in [2.05, 4.69) is 5.32 Å². The molecule has 14 heavy (non-hydrogen) atoms. The minimum Gasteiger partial charge on any atom is -0.507 e. The highest BCUT2D eigenvalue weighted by atomic mass is 16.3. The van der Waals surface area contributed by atoms with E-state index in [9.17, 15) is 10.2 Å². The molecule has 0 saturated heterocycles. The molecule has 1 atom stereocenters. The number of benzene rings is 1. The fourth-order valence-corrected chi connectivity index (χ4v) is 1.15. The van der Waals surface area contributed by atoms with Gasteiger partial charge in [-0.05, 0) is 13.1 Å². The second kappa shape index (κ2) is 4.17. The van der Waals surface area contributed by atoms with Crippen molar-refractivity contribution in [1.29, 1.82) is 0 Å². The molecular formula is C9H13NO4. The normalized spacial score (nSPS) is 12.7. The van der Waals surface area contributed by atoms with Crippen molar-refractivity contribution in [2.45, 2.75) is 6.10 Å². The summed E-state index contributed by atoms with van der Waals surface area (Å²) >= 11 is 0. The minimum atomic E-state index is -0.925. The van der Waals surface area contributed by atoms with Crippen molar-refractivity contribution in [3.05, 3.63) is 17.7 Å². The summed E-state index contributed by atoms with van der Waals surface area (Å²) in [6.07, 6.45) is -0.925. The van der Waals surface area contributed by atoms with Crippen LogP contribution in [0.2, 0.25) is 0 Å². The number of aliphatic hydroxyl groups is 1. The molecule has 0 aliphatic rings. The highest BCUT2D eigenvalue weighted by Crippen LogP contribution is 2.35. The van der Waals surface area contributed by atoms with Crippen LogP contribution >= 0.6 is 0 Å². The third-order valence-corrected chi connectivity index (χ3v) is 1.88. The van der Waals surface area contributed by atoms with Gasteiger partial charge in [-0.2, -0.15) is 0 Å². The zero-order valence-electron chi connectivity index (χ0n) is 7.73. The molecule has 0 aliphatic carbocycles. The number of likely N-dealkylation sites (N-methyl/N-ethyl adjacent to an activating group) is 1. The van der Waals surface area contributed by atoms with Crippen LogP contribution in [0.4, 0.5) is 0 Å². The number of aliphatic hydroxyl groups excluding tert-OH is 1. The van der Waals surface area contributed by atoms with Gasteiger partial charge in [0.15, 0.2) is 11.5 Å². The Kier molecular flexibility index (Phi) is 3.16. The van der Waals surface area contributed by atoms with Crippen LogP contribution in [0, 0.1) is 0 Å². The van der Waals surface area contributed by atoms with E-state index < -0.39 is 11.9 Å². The quantitative estimate of drug-likeness (QED) is 0.350. The first kappa shape index (κ1) is 10.6. The number of hydrogen-bond acceptors (Lipinski definition) is 5. The van der Waals surface area contributed by atoms with E-state index in [0.717, 1.165) is 12.1 Å². The van der Waals surface area contributed by atoms with Crippen LogP contribution in [0.15, 0.2) is 12.1 Å². The van der Waals surface area contributed by atoms with Gasteiger partial charge in [-0.25, -0.2) is 0 Å². The van der Waals surface area contributed by atoms with Gasteiger partial charge < -0.3 is 25.7 Å². The Morgan fingerprint density at radius 1 is 1.14 bits per heavy atom. The molecule has 0 saturated carbocycles. The summed E-state index contributed by atoms with van der Waals surface area (Å²) in [5.74, 6) is -1.03. The van der Waals surface area contributed by atoms with Crippen molar-refractivity contribution in [3.63, 3.8) is 0 Å². The Morgan fingerprint density at radius 3 is 2.29 bits per heavy atom. The maximum absolute atomic E-state index is 9.50. The standard InChI is InChI=1S/C9H13NO4/c1-10-4-9(14)5-2-7(12)8(13)3-6(5)11/h2-3,9-14H,4H2,1H3/t9-/m0/s1. The van der Waals surface area contributed by atoms with Crippen molar-refractivity contribution < 1.29 is 20.4 Å². The molecule has 1 aromatic rings. The van der Waals surface area contributed by atoms with Crippen LogP contribution < -0.4 is 5.32 Å². The summed E-state index contributed by atoms with van der Waals surface area (Å²) < 4.78 is 0. The van der Waals surface area contributed by atoms with Gasteiger partial charge in [-0.3, -0.25) is 0 Å². The number of rotatable bonds is 3. The first-order chi connectivity index (χ1) is 6.56. The van der Waals surface area contributed by atoms with Gasteiger partial charge in [-0.15, -0.1) is 0 Å². The zero-order valence-corrected chi connectivity index (χ0v) is 7.73. The highest BCUT2D eigenvalue weighted by molar-refractivity contribution is 5.49. The summed E-state index contributed by atoms with van der Waals surface area (Å²) in [5.41, 5.74) is 0.176. The molecule has 5 N–H and O–H groups in total. The molecule has 0 bridgehead atoms. The van der Waals surface area contributed by atoms with Crippen molar-refractivity contribution in [1.82, 2.24) is 5.32 Å². The molecule has 1 aromatic carbocycles. The lowest BCUT2D eigenvalue weighted by Gasteiger charge is -2.12. The molecule has 0 spiro atoms. The lowest BCUT2D eigenvalue weighted by molar-refractivity contribution is 0.173. The highest BCUT2D eigenvalue weighted by Gasteiger charge is 2.14. The van der Waals surface area contributed by atoms with Crippen LogP contribution in [-0.2, 0) is 0 Å². The Morgan fingerprint density at radius 2 is 1.71 bits per heavy atom. The van der Waals surface area contributed by atoms with Crippen molar-refractivity contribution >= 4 is 0 Å². The van der Waals surface area contributed by atoms with Gasteiger partial charge in [0.2, 0.25) is 0 Å². The number of aromatic hydroxyl groups is 3. The molecule has 1 rings (SSSR count). The van der Waals surface area contributed by atoms with E-state index in [-0.39, 0.29) is 23.6 Å². The first-order valence-electron chi connectivity index (χ1n) is 4.13. The van der Waals surface area contributed by atoms with Crippen molar-refractivity contribution in [2.75, 3.05) is 13.6 Å². The van der Waals surface area contributed by atoms with Gasteiger partial charge in [0.25, 0.3) is 0 Å². The summed E-state index contributed by atoms with van der Waals surface area (Å²) in [5, 5.41) is 39.8. The lowest BCUT2D eigenvalue weighted by Crippen LogP contribution is -2.16. The smallest absolute Gasteiger partial charge is 0.161 e. The van der Waals surface area contributed by atoms with Crippen LogP contribution in [0.25, 0.3) is 0 Å². The largest absolute Gasteiger partial charge is 0.507 e. The van der Waals surface area contributed by atoms with Crippen LogP contribution in [-0.4, -0.2) is 34.0 Å². The number of phenolic OH excluding ortho intramolecular Hbond substituents is 3. The van der Waals surface area contributed by atoms with Crippen LogP contribution in [0.3, 0.4) is 0 Å². The minimum absolute atomic E-state index is 0.176. The van der Waals surface area contributed by atoms with E-state index in [1.807, 2.05) is 0 Å². The maximum Gasteiger partial charge on any atom is 0.161 e. The van der Waals surface area contributed by atoms with Crippen LogP contribution in [0.5, 0.6) is 17.2 Å². The fourth-order valence-electron chi connectivity index (χ4n) is 1.15. The van der Waals surface area contributed by atoms with E-state index in [4.69, 9.17) is 10.2 Å². The molecule has 5 heteroatoms. The third-order valence-electron chi connectivity index (χ3n) is 1.88. The summed E-state index contributed by atoms with van der Waals surface area (Å²) in [6, 6.07) is 2.12. The molecule has 78 valence electrons. The van der Waals surface area contributed by atoms with E-state index >= 15 is 0 Å². The molecule has 0 radical (unpaired) electrons. The second-order valence-corrected chi connectivity index (χ2v) is 2.97. The summed E-state index contributed by atoms with van der Waals surface area (Å²) in [6.45, 7) is 0.248. The molecule has 0 amide bonds. The summed E-state index contributed by atoms with van der Waals surface area (Å²) in [7, 11) is 1.65. The molecule has 0 aromatic heterocycles. The Hall–Kier alpha value is -1.46. The molecule has 0 fully saturated rings. The van der Waals surface area contributed by atoms with Crippen LogP contribution in [0.1, 0.15) is 11.7 Å². The molecule has 0 unspecified atom stereocenters. The Bertz CT molecular complexity index is 327. The Balaban J connectivity index is 3.02. The van der Waals surface area contributed by atoms with E-state index in [1.165, 1.54) is 0 Å². The maximum atomic E-state index is 9.50. The van der Waals surface area contributed by atoms with Crippen molar-refractivity contribution in [2.24, 2.45) is 0 Å². The summed E-state index contributed by atoms with van der Waals surface area (Å²) in [4.78, 5) is 0. The lowest BCUT2D eigenvalue weighted by atomic mass is 10.1. The van der Waals surface area contributed by atoms with Gasteiger partial charge >= 0.3 is 0 Å². The predicted octanol–water partition coefficient (Wildman–Crippen LogP) is 0.0562. The third kappa shape index (κ3) is 2.07. The number of hydrogen-bond donors (Lipinski definition) is 5. The molecule has 0 aliphatic heterocycles. The second-order valence-electron chi connectivity index (χ2n) is 2.97. The average Bonchev–Trinajstić information content (AvgIpc) is 2.11. The Labute approximate surface area is 81.3 Å². The van der Waals surface area contributed by atoms with Crippen molar-refractivity contribution in [3.8, 4) is 17.2 Å². The molecular weight excluding hydrogens is 186 g/mol.